The molecule has 5 aromatic rings. The number of anilines is 1. The van der Waals surface area contributed by atoms with Gasteiger partial charge in [-0.15, -0.1) is 0 Å². The molecule has 0 saturated carbocycles. The van der Waals surface area contributed by atoms with Crippen LogP contribution in [0.5, 0.6) is 0 Å². The zero-order valence-corrected chi connectivity index (χ0v) is 22.7. The van der Waals surface area contributed by atoms with E-state index in [1.165, 1.54) is 19.2 Å². The number of fused-ring (bicyclic) bond motifs is 1. The number of benzene rings is 4. The number of ketones is 1. The Morgan fingerprint density at radius 3 is 2.36 bits per heavy atom. The molecular weight excluding hydrogens is 541 g/mol. The number of ether oxygens (including phenoxy) is 1. The van der Waals surface area contributed by atoms with Crippen molar-refractivity contribution in [2.45, 2.75) is 26.1 Å². The van der Waals surface area contributed by atoms with E-state index in [-0.39, 0.29) is 28.2 Å². The molecule has 0 amide bonds. The van der Waals surface area contributed by atoms with E-state index in [4.69, 9.17) is 4.74 Å². The molecule has 0 fully saturated rings. The molecular formula is C34H27F3N2O3. The number of halogens is 3. The predicted octanol–water partition coefficient (Wildman–Crippen LogP) is 7.87. The molecule has 1 heterocycles. The Labute approximate surface area is 241 Å². The molecule has 5 nitrogen and oxygen atoms in total. The number of rotatable bonds is 9. The molecule has 0 saturated heterocycles. The van der Waals surface area contributed by atoms with Crippen molar-refractivity contribution in [3.05, 3.63) is 131 Å². The summed E-state index contributed by atoms with van der Waals surface area (Å²) in [5, 5.41) is 3.61. The van der Waals surface area contributed by atoms with Gasteiger partial charge in [-0.3, -0.25) is 14.6 Å². The lowest BCUT2D eigenvalue weighted by atomic mass is 9.91. The number of aromatic nitrogens is 1. The Bertz CT molecular complexity index is 1750. The highest BCUT2D eigenvalue weighted by atomic mass is 19.4. The monoisotopic (exact) mass is 568 g/mol. The van der Waals surface area contributed by atoms with Crippen LogP contribution >= 0.6 is 0 Å². The highest BCUT2D eigenvalue weighted by Crippen LogP contribution is 2.39. The summed E-state index contributed by atoms with van der Waals surface area (Å²) in [5.74, 6) is -0.653. The zero-order valence-electron chi connectivity index (χ0n) is 22.7. The molecule has 0 spiro atoms. The number of hydrogen-bond donors (Lipinski definition) is 1. The second-order valence-corrected chi connectivity index (χ2v) is 9.79. The minimum atomic E-state index is -4.61. The molecule has 5 rings (SSSR count). The molecule has 42 heavy (non-hydrogen) atoms. The van der Waals surface area contributed by atoms with E-state index >= 15 is 0 Å². The Balaban J connectivity index is 1.51. The highest BCUT2D eigenvalue weighted by molar-refractivity contribution is 6.16. The second kappa shape index (κ2) is 12.3. The highest BCUT2D eigenvalue weighted by Gasteiger charge is 2.34. The Hall–Kier alpha value is -4.98. The van der Waals surface area contributed by atoms with Crippen LogP contribution in [-0.4, -0.2) is 23.3 Å². The average Bonchev–Trinajstić information content (AvgIpc) is 2.99. The zero-order chi connectivity index (χ0) is 29.7. The fourth-order valence-corrected chi connectivity index (χ4v) is 4.88. The molecule has 212 valence electrons. The van der Waals surface area contributed by atoms with Crippen molar-refractivity contribution in [1.29, 1.82) is 0 Å². The van der Waals surface area contributed by atoms with Gasteiger partial charge in [-0.2, -0.15) is 13.2 Å². The van der Waals surface area contributed by atoms with Gasteiger partial charge in [0.15, 0.2) is 5.78 Å². The van der Waals surface area contributed by atoms with Crippen LogP contribution in [0, 0.1) is 0 Å². The van der Waals surface area contributed by atoms with Crippen LogP contribution in [0.15, 0.2) is 103 Å². The van der Waals surface area contributed by atoms with Crippen molar-refractivity contribution in [3.8, 4) is 11.1 Å². The number of para-hydroxylation sites is 1. The molecule has 4 aromatic carbocycles. The van der Waals surface area contributed by atoms with Gasteiger partial charge in [-0.1, -0.05) is 78.9 Å². The number of nitrogens with one attached hydrogen (secondary N) is 1. The first kappa shape index (κ1) is 28.5. The van der Waals surface area contributed by atoms with Crippen molar-refractivity contribution in [3.63, 3.8) is 0 Å². The molecule has 0 aliphatic heterocycles. The molecule has 0 aliphatic rings. The number of carbonyl (C=O) groups excluding carboxylic acids is 2. The molecule has 0 radical (unpaired) electrons. The van der Waals surface area contributed by atoms with E-state index in [9.17, 15) is 22.8 Å². The maximum Gasteiger partial charge on any atom is 0.418 e. The lowest BCUT2D eigenvalue weighted by molar-refractivity contribution is -0.141. The van der Waals surface area contributed by atoms with E-state index in [2.05, 4.69) is 10.3 Å². The lowest BCUT2D eigenvalue weighted by Crippen LogP contribution is -2.09. The van der Waals surface area contributed by atoms with E-state index in [1.807, 2.05) is 36.4 Å². The molecule has 8 heteroatoms. The molecule has 1 aromatic heterocycles. The van der Waals surface area contributed by atoms with Gasteiger partial charge in [0.05, 0.1) is 17.7 Å². The van der Waals surface area contributed by atoms with E-state index in [0.29, 0.717) is 36.3 Å². The summed E-state index contributed by atoms with van der Waals surface area (Å²) >= 11 is 0. The third-order valence-corrected chi connectivity index (χ3v) is 6.82. The fraction of sp³-hybridized carbons (Fsp3) is 0.147. The van der Waals surface area contributed by atoms with Crippen molar-refractivity contribution in [2.24, 2.45) is 0 Å². The van der Waals surface area contributed by atoms with Crippen molar-refractivity contribution in [1.82, 2.24) is 4.98 Å². The quantitative estimate of drug-likeness (QED) is 0.145. The van der Waals surface area contributed by atoms with E-state index in [1.54, 1.807) is 48.5 Å². The van der Waals surface area contributed by atoms with Crippen LogP contribution < -0.4 is 5.32 Å². The fourth-order valence-electron chi connectivity index (χ4n) is 4.88. The number of esters is 1. The van der Waals surface area contributed by atoms with Gasteiger partial charge < -0.3 is 10.1 Å². The summed E-state index contributed by atoms with van der Waals surface area (Å²) in [4.78, 5) is 28.8. The lowest BCUT2D eigenvalue weighted by Gasteiger charge is -2.17. The average molecular weight is 569 g/mol. The number of pyridine rings is 1. The van der Waals surface area contributed by atoms with Gasteiger partial charge in [0, 0.05) is 53.9 Å². The first-order valence-electron chi connectivity index (χ1n) is 13.3. The molecule has 0 bridgehead atoms. The number of carbonyl (C=O) groups is 2. The summed E-state index contributed by atoms with van der Waals surface area (Å²) in [6.07, 6.45) is -2.77. The molecule has 1 N–H and O–H groups in total. The first-order valence-corrected chi connectivity index (χ1v) is 13.3. The Morgan fingerprint density at radius 1 is 0.857 bits per heavy atom. The molecule has 0 atom stereocenters. The van der Waals surface area contributed by atoms with Gasteiger partial charge in [-0.25, -0.2) is 0 Å². The van der Waals surface area contributed by atoms with Gasteiger partial charge >= 0.3 is 12.1 Å². The van der Waals surface area contributed by atoms with Crippen LogP contribution in [0.1, 0.15) is 39.5 Å². The minimum absolute atomic E-state index is 0.214. The van der Waals surface area contributed by atoms with Gasteiger partial charge in [0.2, 0.25) is 0 Å². The largest absolute Gasteiger partial charge is 0.466 e. The van der Waals surface area contributed by atoms with Gasteiger partial charge in [0.25, 0.3) is 0 Å². The van der Waals surface area contributed by atoms with Crippen LogP contribution in [-0.2, 0) is 28.7 Å². The predicted molar refractivity (Wildman–Crippen MR) is 156 cm³/mol. The number of hydrogen-bond acceptors (Lipinski definition) is 5. The second-order valence-electron chi connectivity index (χ2n) is 9.79. The van der Waals surface area contributed by atoms with Crippen LogP contribution in [0.4, 0.5) is 18.9 Å². The topological polar surface area (TPSA) is 68.3 Å². The van der Waals surface area contributed by atoms with Crippen LogP contribution in [0.2, 0.25) is 0 Å². The van der Waals surface area contributed by atoms with Crippen LogP contribution in [0.25, 0.3) is 22.0 Å². The normalized spacial score (nSPS) is 11.3. The SMILES string of the molecule is CC(=O)OCCc1cccc(CNc2cccc(-c3c(C(=O)c4ccccc4)cnc4c(C(F)(F)F)cccc34)c2)c1. The van der Waals surface area contributed by atoms with Gasteiger partial charge in [0.1, 0.15) is 0 Å². The molecule has 0 aliphatic carbocycles. The minimum Gasteiger partial charge on any atom is -0.466 e. The van der Waals surface area contributed by atoms with Crippen molar-refractivity contribution >= 4 is 28.3 Å². The summed E-state index contributed by atoms with van der Waals surface area (Å²) in [7, 11) is 0. The first-order chi connectivity index (χ1) is 20.2. The third kappa shape index (κ3) is 6.49. The summed E-state index contributed by atoms with van der Waals surface area (Å²) in [5.41, 5.74) is 3.28. The van der Waals surface area contributed by atoms with E-state index in [0.717, 1.165) is 22.9 Å². The smallest absolute Gasteiger partial charge is 0.418 e. The molecule has 0 unspecified atom stereocenters. The Morgan fingerprint density at radius 2 is 1.60 bits per heavy atom. The van der Waals surface area contributed by atoms with E-state index < -0.39 is 11.7 Å². The van der Waals surface area contributed by atoms with Crippen molar-refractivity contribution in [2.75, 3.05) is 11.9 Å². The number of alkyl halides is 3. The summed E-state index contributed by atoms with van der Waals surface area (Å²) < 4.78 is 46.7. The summed E-state index contributed by atoms with van der Waals surface area (Å²) in [6, 6.07) is 27.6. The van der Waals surface area contributed by atoms with Gasteiger partial charge in [-0.05, 0) is 34.9 Å². The summed E-state index contributed by atoms with van der Waals surface area (Å²) in [6.45, 7) is 2.16. The van der Waals surface area contributed by atoms with Crippen molar-refractivity contribution < 1.29 is 27.5 Å². The standard InChI is InChI=1S/C34H27F3N2O3/c1-22(40)42-17-16-23-8-5-9-24(18-23)20-38-27-13-6-12-26(19-27)31-28-14-7-15-30(34(35,36)37)32(28)39-21-29(31)33(41)25-10-3-2-4-11-25/h2-15,18-19,21,38H,16-17,20H2,1H3. The Kier molecular flexibility index (Phi) is 8.33. The number of nitrogens with zero attached hydrogens (tertiary/aromatic N) is 1. The van der Waals surface area contributed by atoms with Crippen LogP contribution in [0.3, 0.4) is 0 Å². The maximum atomic E-state index is 13.9. The third-order valence-electron chi connectivity index (χ3n) is 6.82. The maximum absolute atomic E-state index is 13.9.